The molecule has 0 heterocycles. The number of benzene rings is 1. The third-order valence-corrected chi connectivity index (χ3v) is 3.04. The fraction of sp³-hybridized carbons (Fsp3) is 0.333. The fourth-order valence-corrected chi connectivity index (χ4v) is 2.02. The summed E-state index contributed by atoms with van der Waals surface area (Å²) in [6.07, 6.45) is 2.51. The van der Waals surface area contributed by atoms with Gasteiger partial charge >= 0.3 is 7.12 Å². The van der Waals surface area contributed by atoms with Gasteiger partial charge in [0.05, 0.1) is 0 Å². The lowest BCUT2D eigenvalue weighted by molar-refractivity contribution is 0.425. The highest BCUT2D eigenvalue weighted by molar-refractivity contribution is 9.10. The smallest absolute Gasteiger partial charge is 0.423 e. The van der Waals surface area contributed by atoms with Gasteiger partial charge in [-0.15, -0.1) is 0 Å². The maximum Gasteiger partial charge on any atom is 0.489 e. The molecule has 0 amide bonds. The van der Waals surface area contributed by atoms with Crippen molar-refractivity contribution in [3.05, 3.63) is 28.2 Å². The molecule has 2 rings (SSSR count). The summed E-state index contributed by atoms with van der Waals surface area (Å²) in [4.78, 5) is 0. The Balaban J connectivity index is 2.31. The summed E-state index contributed by atoms with van der Waals surface area (Å²) in [5.41, 5.74) is 1.82. The number of hydrogen-bond donors (Lipinski definition) is 2. The van der Waals surface area contributed by atoms with Crippen molar-refractivity contribution in [2.75, 3.05) is 0 Å². The Kier molecular flexibility index (Phi) is 2.45. The average Bonchev–Trinajstić information content (AvgIpc) is 2.85. The number of halogens is 1. The van der Waals surface area contributed by atoms with Crippen LogP contribution in [-0.2, 0) is 0 Å². The van der Waals surface area contributed by atoms with E-state index in [9.17, 15) is 0 Å². The fourth-order valence-electron chi connectivity index (χ4n) is 1.42. The molecule has 0 radical (unpaired) electrons. The van der Waals surface area contributed by atoms with Gasteiger partial charge in [0.1, 0.15) is 0 Å². The van der Waals surface area contributed by atoms with Crippen LogP contribution in [0.3, 0.4) is 0 Å². The molecule has 13 heavy (non-hydrogen) atoms. The maximum atomic E-state index is 8.98. The minimum absolute atomic E-state index is 0.532. The first-order valence-corrected chi connectivity index (χ1v) is 5.13. The van der Waals surface area contributed by atoms with Crippen molar-refractivity contribution < 1.29 is 10.0 Å². The number of hydrogen-bond acceptors (Lipinski definition) is 2. The lowest BCUT2D eigenvalue weighted by Gasteiger charge is -2.05. The van der Waals surface area contributed by atoms with Crippen molar-refractivity contribution in [1.82, 2.24) is 0 Å². The second-order valence-electron chi connectivity index (χ2n) is 3.43. The van der Waals surface area contributed by atoms with Crippen LogP contribution in [0.1, 0.15) is 24.3 Å². The van der Waals surface area contributed by atoms with E-state index < -0.39 is 7.12 Å². The lowest BCUT2D eigenvalue weighted by Crippen LogP contribution is -2.30. The van der Waals surface area contributed by atoms with Gasteiger partial charge in [-0.2, -0.15) is 0 Å². The van der Waals surface area contributed by atoms with Crippen molar-refractivity contribution in [1.29, 1.82) is 0 Å². The molecule has 1 aromatic carbocycles. The van der Waals surface area contributed by atoms with E-state index >= 15 is 0 Å². The molecule has 0 aliphatic heterocycles. The average molecular weight is 241 g/mol. The Bertz CT molecular complexity index is 323. The van der Waals surface area contributed by atoms with E-state index in [2.05, 4.69) is 15.9 Å². The van der Waals surface area contributed by atoms with Crippen LogP contribution in [0.4, 0.5) is 0 Å². The van der Waals surface area contributed by atoms with Crippen LogP contribution in [0.2, 0.25) is 0 Å². The van der Waals surface area contributed by atoms with Crippen molar-refractivity contribution in [3.63, 3.8) is 0 Å². The molecule has 68 valence electrons. The first kappa shape index (κ1) is 9.25. The summed E-state index contributed by atoms with van der Waals surface area (Å²) in [6.45, 7) is 0. The zero-order chi connectivity index (χ0) is 9.42. The molecule has 1 aliphatic carbocycles. The monoisotopic (exact) mass is 240 g/mol. The topological polar surface area (TPSA) is 40.5 Å². The summed E-state index contributed by atoms with van der Waals surface area (Å²) >= 11 is 3.32. The summed E-state index contributed by atoms with van der Waals surface area (Å²) in [5.74, 6) is 0.696. The van der Waals surface area contributed by atoms with Crippen molar-refractivity contribution in [2.45, 2.75) is 18.8 Å². The molecule has 4 heteroatoms. The summed E-state index contributed by atoms with van der Waals surface area (Å²) in [5, 5.41) is 18.0. The van der Waals surface area contributed by atoms with Gasteiger partial charge < -0.3 is 10.0 Å². The summed E-state index contributed by atoms with van der Waals surface area (Å²) in [6, 6.07) is 5.71. The molecule has 0 atom stereocenters. The molecule has 1 saturated carbocycles. The molecule has 2 N–H and O–H groups in total. The first-order valence-electron chi connectivity index (χ1n) is 4.34. The molecule has 0 spiro atoms. The SMILES string of the molecule is OB(O)c1ccc(C2CC2)cc1Br. The van der Waals surface area contributed by atoms with Crippen LogP contribution in [0.5, 0.6) is 0 Å². The highest BCUT2D eigenvalue weighted by atomic mass is 79.9. The Morgan fingerprint density at radius 2 is 2.00 bits per heavy atom. The van der Waals surface area contributed by atoms with Gasteiger partial charge in [0.2, 0.25) is 0 Å². The molecule has 0 unspecified atom stereocenters. The van der Waals surface area contributed by atoms with Crippen molar-refractivity contribution in [3.8, 4) is 0 Å². The van der Waals surface area contributed by atoms with Crippen LogP contribution in [-0.4, -0.2) is 17.2 Å². The normalized spacial score (nSPS) is 15.9. The van der Waals surface area contributed by atoms with E-state index in [1.54, 1.807) is 6.07 Å². The summed E-state index contributed by atoms with van der Waals surface area (Å²) in [7, 11) is -1.39. The predicted octanol–water partition coefficient (Wildman–Crippen LogP) is 1.01. The second kappa shape index (κ2) is 3.44. The predicted molar refractivity (Wildman–Crippen MR) is 55.9 cm³/mol. The van der Waals surface area contributed by atoms with Crippen LogP contribution < -0.4 is 5.46 Å². The Labute approximate surface area is 85.9 Å². The Morgan fingerprint density at radius 1 is 1.31 bits per heavy atom. The van der Waals surface area contributed by atoms with E-state index in [1.165, 1.54) is 18.4 Å². The minimum Gasteiger partial charge on any atom is -0.423 e. The van der Waals surface area contributed by atoms with E-state index in [1.807, 2.05) is 12.1 Å². The lowest BCUT2D eigenvalue weighted by atomic mass is 9.80. The van der Waals surface area contributed by atoms with E-state index in [-0.39, 0.29) is 0 Å². The molecule has 0 bridgehead atoms. The van der Waals surface area contributed by atoms with Gasteiger partial charge in [-0.3, -0.25) is 0 Å². The minimum atomic E-state index is -1.39. The third kappa shape index (κ3) is 1.95. The van der Waals surface area contributed by atoms with Gasteiger partial charge in [0.25, 0.3) is 0 Å². The van der Waals surface area contributed by atoms with E-state index in [0.29, 0.717) is 11.4 Å². The van der Waals surface area contributed by atoms with Gasteiger partial charge in [-0.05, 0) is 35.9 Å². The Morgan fingerprint density at radius 3 is 2.46 bits per heavy atom. The second-order valence-corrected chi connectivity index (χ2v) is 4.28. The molecule has 1 aromatic rings. The molecule has 0 saturated heterocycles. The zero-order valence-corrected chi connectivity index (χ0v) is 8.66. The molecule has 1 fully saturated rings. The number of rotatable bonds is 2. The van der Waals surface area contributed by atoms with Crippen LogP contribution >= 0.6 is 15.9 Å². The van der Waals surface area contributed by atoms with Crippen molar-refractivity contribution in [2.24, 2.45) is 0 Å². The Hall–Kier alpha value is -0.315. The van der Waals surface area contributed by atoms with Crippen LogP contribution in [0.15, 0.2) is 22.7 Å². The third-order valence-electron chi connectivity index (χ3n) is 2.35. The van der Waals surface area contributed by atoms with Crippen LogP contribution in [0, 0.1) is 0 Å². The molecule has 0 aromatic heterocycles. The molecule has 1 aliphatic rings. The van der Waals surface area contributed by atoms with Gasteiger partial charge in [0.15, 0.2) is 0 Å². The largest absolute Gasteiger partial charge is 0.489 e. The first-order chi connectivity index (χ1) is 6.18. The molecular formula is C9H10BBrO2. The molecule has 2 nitrogen and oxygen atoms in total. The molecular weight excluding hydrogens is 231 g/mol. The highest BCUT2D eigenvalue weighted by Crippen LogP contribution is 2.40. The van der Waals surface area contributed by atoms with Crippen LogP contribution in [0.25, 0.3) is 0 Å². The highest BCUT2D eigenvalue weighted by Gasteiger charge is 2.25. The maximum absolute atomic E-state index is 8.98. The zero-order valence-electron chi connectivity index (χ0n) is 7.07. The summed E-state index contributed by atoms with van der Waals surface area (Å²) < 4.78 is 0.784. The van der Waals surface area contributed by atoms with E-state index in [0.717, 1.165) is 4.47 Å². The van der Waals surface area contributed by atoms with Gasteiger partial charge in [-0.1, -0.05) is 28.1 Å². The van der Waals surface area contributed by atoms with Gasteiger partial charge in [0, 0.05) is 4.47 Å². The van der Waals surface area contributed by atoms with E-state index in [4.69, 9.17) is 10.0 Å². The van der Waals surface area contributed by atoms with Gasteiger partial charge in [-0.25, -0.2) is 0 Å². The standard InChI is InChI=1S/C9H10BBrO2/c11-9-5-7(6-1-2-6)3-4-8(9)10(12)13/h3-6,12-13H,1-2H2. The quantitative estimate of drug-likeness (QED) is 0.758. The van der Waals surface area contributed by atoms with Crippen molar-refractivity contribution >= 4 is 28.5 Å².